The SMILES string of the molecule is CCN(CC)CC(CN(CC)CC)N(C)CC(=O)Nc1c(C)cccc1C. The van der Waals surface area contributed by atoms with Crippen molar-refractivity contribution in [2.45, 2.75) is 47.6 Å². The van der Waals surface area contributed by atoms with Gasteiger partial charge in [0.25, 0.3) is 0 Å². The van der Waals surface area contributed by atoms with Crippen LogP contribution in [0.25, 0.3) is 0 Å². The Morgan fingerprint density at radius 2 is 1.37 bits per heavy atom. The molecule has 1 rings (SSSR count). The lowest BCUT2D eigenvalue weighted by molar-refractivity contribution is -0.117. The normalized spacial score (nSPS) is 11.8. The second kappa shape index (κ2) is 12.1. The van der Waals surface area contributed by atoms with Crippen LogP contribution in [0.1, 0.15) is 38.8 Å². The molecule has 0 unspecified atom stereocenters. The fourth-order valence-electron chi connectivity index (χ4n) is 3.44. The summed E-state index contributed by atoms with van der Waals surface area (Å²) in [5.74, 6) is 0.0546. The molecule has 0 aliphatic heterocycles. The number of nitrogens with zero attached hydrogens (tertiary/aromatic N) is 3. The summed E-state index contributed by atoms with van der Waals surface area (Å²) in [6.45, 7) is 19.4. The van der Waals surface area contributed by atoms with Gasteiger partial charge in [0.2, 0.25) is 5.91 Å². The number of aryl methyl sites for hydroxylation is 2. The van der Waals surface area contributed by atoms with E-state index < -0.39 is 0 Å². The van der Waals surface area contributed by atoms with Gasteiger partial charge < -0.3 is 15.1 Å². The van der Waals surface area contributed by atoms with Crippen LogP contribution in [0.15, 0.2) is 18.2 Å². The average molecular weight is 377 g/mol. The lowest BCUT2D eigenvalue weighted by Gasteiger charge is -2.35. The summed E-state index contributed by atoms with van der Waals surface area (Å²) in [6.07, 6.45) is 0. The number of carbonyl (C=O) groups excluding carboxylic acids is 1. The number of hydrogen-bond acceptors (Lipinski definition) is 4. The first-order valence-corrected chi connectivity index (χ1v) is 10.4. The van der Waals surface area contributed by atoms with E-state index in [-0.39, 0.29) is 5.91 Å². The number of anilines is 1. The van der Waals surface area contributed by atoms with Crippen molar-refractivity contribution in [3.8, 4) is 0 Å². The van der Waals surface area contributed by atoms with Crippen LogP contribution in [0.4, 0.5) is 5.69 Å². The summed E-state index contributed by atoms with van der Waals surface area (Å²) in [6, 6.07) is 6.43. The van der Waals surface area contributed by atoms with Gasteiger partial charge in [-0.2, -0.15) is 0 Å². The van der Waals surface area contributed by atoms with Gasteiger partial charge in [-0.25, -0.2) is 0 Å². The molecule has 0 aliphatic carbocycles. The molecule has 0 bridgehead atoms. The molecule has 0 atom stereocenters. The van der Waals surface area contributed by atoms with Gasteiger partial charge in [0.05, 0.1) is 6.54 Å². The maximum atomic E-state index is 12.7. The zero-order chi connectivity index (χ0) is 20.4. The number of hydrogen-bond donors (Lipinski definition) is 1. The third kappa shape index (κ3) is 7.60. The van der Waals surface area contributed by atoms with Gasteiger partial charge >= 0.3 is 0 Å². The van der Waals surface area contributed by atoms with Crippen molar-refractivity contribution < 1.29 is 4.79 Å². The van der Waals surface area contributed by atoms with Gasteiger partial charge in [0.1, 0.15) is 0 Å². The first-order valence-electron chi connectivity index (χ1n) is 10.4. The monoisotopic (exact) mass is 376 g/mol. The molecule has 27 heavy (non-hydrogen) atoms. The third-order valence-electron chi connectivity index (χ3n) is 5.49. The van der Waals surface area contributed by atoms with Crippen molar-refractivity contribution in [3.05, 3.63) is 29.3 Å². The highest BCUT2D eigenvalue weighted by Crippen LogP contribution is 2.19. The Labute approximate surface area is 166 Å². The van der Waals surface area contributed by atoms with Crippen LogP contribution in [-0.4, -0.2) is 79.5 Å². The van der Waals surface area contributed by atoms with E-state index in [0.717, 1.165) is 56.1 Å². The van der Waals surface area contributed by atoms with Crippen molar-refractivity contribution in [3.63, 3.8) is 0 Å². The Hall–Kier alpha value is -1.43. The van der Waals surface area contributed by atoms with Gasteiger partial charge in [0.15, 0.2) is 0 Å². The van der Waals surface area contributed by atoms with Crippen LogP contribution in [0.3, 0.4) is 0 Å². The van der Waals surface area contributed by atoms with E-state index in [4.69, 9.17) is 0 Å². The predicted molar refractivity (Wildman–Crippen MR) is 117 cm³/mol. The molecule has 154 valence electrons. The standard InChI is InChI=1S/C22H40N4O/c1-8-25(9-2)15-20(16-26(10-3)11-4)24(7)17-21(27)23-22-18(5)13-12-14-19(22)6/h12-14,20H,8-11,15-17H2,1-7H3,(H,23,27). The smallest absolute Gasteiger partial charge is 0.238 e. The van der Waals surface area contributed by atoms with Gasteiger partial charge in [-0.1, -0.05) is 45.9 Å². The largest absolute Gasteiger partial charge is 0.324 e. The molecule has 1 aromatic rings. The minimum atomic E-state index is 0.0546. The summed E-state index contributed by atoms with van der Waals surface area (Å²) < 4.78 is 0. The van der Waals surface area contributed by atoms with Crippen molar-refractivity contribution in [2.75, 3.05) is 58.2 Å². The highest BCUT2D eigenvalue weighted by Gasteiger charge is 2.22. The number of amides is 1. The van der Waals surface area contributed by atoms with Gasteiger partial charge in [-0.05, 0) is 58.2 Å². The first-order chi connectivity index (χ1) is 12.9. The highest BCUT2D eigenvalue weighted by molar-refractivity contribution is 5.93. The zero-order valence-corrected chi connectivity index (χ0v) is 18.5. The summed E-state index contributed by atoms with van der Waals surface area (Å²) in [7, 11) is 2.07. The number of benzene rings is 1. The Morgan fingerprint density at radius 3 is 1.78 bits per heavy atom. The second-order valence-corrected chi connectivity index (χ2v) is 7.36. The van der Waals surface area contributed by atoms with Gasteiger partial charge in [-0.3, -0.25) is 9.69 Å². The molecule has 0 aliphatic rings. The highest BCUT2D eigenvalue weighted by atomic mass is 16.2. The molecule has 0 saturated heterocycles. The lowest BCUT2D eigenvalue weighted by atomic mass is 10.1. The Bertz CT molecular complexity index is 533. The molecule has 0 spiro atoms. The molecule has 0 aromatic heterocycles. The fourth-order valence-corrected chi connectivity index (χ4v) is 3.44. The molecule has 5 nitrogen and oxygen atoms in total. The minimum absolute atomic E-state index is 0.0546. The topological polar surface area (TPSA) is 38.8 Å². The quantitative estimate of drug-likeness (QED) is 0.608. The van der Waals surface area contributed by atoms with Crippen LogP contribution in [0, 0.1) is 13.8 Å². The van der Waals surface area contributed by atoms with Crippen molar-refractivity contribution in [1.82, 2.24) is 14.7 Å². The molecule has 0 heterocycles. The van der Waals surface area contributed by atoms with Crippen LogP contribution in [0.5, 0.6) is 0 Å². The molecule has 5 heteroatoms. The van der Waals surface area contributed by atoms with E-state index in [1.54, 1.807) is 0 Å². The van der Waals surface area contributed by atoms with E-state index in [0.29, 0.717) is 12.6 Å². The molecular formula is C22H40N4O. The van der Waals surface area contributed by atoms with Crippen molar-refractivity contribution >= 4 is 11.6 Å². The Balaban J connectivity index is 2.80. The zero-order valence-electron chi connectivity index (χ0n) is 18.5. The van der Waals surface area contributed by atoms with Crippen molar-refractivity contribution in [1.29, 1.82) is 0 Å². The molecule has 0 radical (unpaired) electrons. The second-order valence-electron chi connectivity index (χ2n) is 7.36. The summed E-state index contributed by atoms with van der Waals surface area (Å²) in [5.41, 5.74) is 3.16. The van der Waals surface area contributed by atoms with Crippen molar-refractivity contribution in [2.24, 2.45) is 0 Å². The molecule has 0 saturated carbocycles. The number of carbonyl (C=O) groups is 1. The van der Waals surface area contributed by atoms with E-state index in [1.807, 2.05) is 32.0 Å². The van der Waals surface area contributed by atoms with Crippen LogP contribution in [-0.2, 0) is 4.79 Å². The average Bonchev–Trinajstić information content (AvgIpc) is 2.65. The van der Waals surface area contributed by atoms with E-state index in [1.165, 1.54) is 0 Å². The molecule has 1 amide bonds. The van der Waals surface area contributed by atoms with Gasteiger partial charge in [0, 0.05) is 24.8 Å². The van der Waals surface area contributed by atoms with Crippen LogP contribution in [0.2, 0.25) is 0 Å². The molecule has 1 N–H and O–H groups in total. The maximum absolute atomic E-state index is 12.7. The number of rotatable bonds is 12. The predicted octanol–water partition coefficient (Wildman–Crippen LogP) is 3.23. The first kappa shape index (κ1) is 23.6. The van der Waals surface area contributed by atoms with E-state index in [9.17, 15) is 4.79 Å². The number of likely N-dealkylation sites (N-methyl/N-ethyl adjacent to an activating group) is 3. The van der Waals surface area contributed by atoms with E-state index in [2.05, 4.69) is 54.8 Å². The summed E-state index contributed by atoms with van der Waals surface area (Å²) in [4.78, 5) is 19.8. The Morgan fingerprint density at radius 1 is 0.926 bits per heavy atom. The Kier molecular flexibility index (Phi) is 10.6. The van der Waals surface area contributed by atoms with Crippen LogP contribution >= 0.6 is 0 Å². The third-order valence-corrected chi connectivity index (χ3v) is 5.49. The number of para-hydroxylation sites is 1. The lowest BCUT2D eigenvalue weighted by Crippen LogP contribution is -2.50. The summed E-state index contributed by atoms with van der Waals surface area (Å²) >= 11 is 0. The maximum Gasteiger partial charge on any atom is 0.238 e. The fraction of sp³-hybridized carbons (Fsp3) is 0.682. The van der Waals surface area contributed by atoms with E-state index >= 15 is 0 Å². The molecule has 1 aromatic carbocycles. The molecular weight excluding hydrogens is 336 g/mol. The molecule has 0 fully saturated rings. The minimum Gasteiger partial charge on any atom is -0.324 e. The summed E-state index contributed by atoms with van der Waals surface area (Å²) in [5, 5.41) is 3.12. The van der Waals surface area contributed by atoms with Crippen LogP contribution < -0.4 is 5.32 Å². The van der Waals surface area contributed by atoms with Gasteiger partial charge in [-0.15, -0.1) is 0 Å². The number of nitrogens with one attached hydrogen (secondary N) is 1.